The Bertz CT molecular complexity index is 289. The van der Waals surface area contributed by atoms with E-state index in [0.29, 0.717) is 6.04 Å². The summed E-state index contributed by atoms with van der Waals surface area (Å²) >= 11 is 0. The van der Waals surface area contributed by atoms with E-state index < -0.39 is 0 Å². The fraction of sp³-hybridized carbons (Fsp3) is 0.727. The van der Waals surface area contributed by atoms with Gasteiger partial charge in [-0.05, 0) is 31.9 Å². The van der Waals surface area contributed by atoms with E-state index in [9.17, 15) is 0 Å². The smallest absolute Gasteiger partial charge is 0.0534 e. The number of rotatable bonds is 4. The molecule has 1 atom stereocenters. The van der Waals surface area contributed by atoms with Crippen molar-refractivity contribution < 1.29 is 0 Å². The van der Waals surface area contributed by atoms with E-state index in [2.05, 4.69) is 28.9 Å². The molecule has 4 heteroatoms. The first-order valence-electron chi connectivity index (χ1n) is 5.78. The number of nitrogens with one attached hydrogen (secondary N) is 2. The van der Waals surface area contributed by atoms with Crippen LogP contribution in [0.4, 0.5) is 0 Å². The van der Waals surface area contributed by atoms with Crippen LogP contribution >= 0.6 is 0 Å². The van der Waals surface area contributed by atoms with Crippen LogP contribution in [0.15, 0.2) is 12.4 Å². The number of hydrogen-bond acceptors (Lipinski definition) is 3. The first kappa shape index (κ1) is 10.6. The van der Waals surface area contributed by atoms with Gasteiger partial charge in [-0.2, -0.15) is 5.10 Å². The van der Waals surface area contributed by atoms with Crippen LogP contribution in [-0.4, -0.2) is 35.5 Å². The average Bonchev–Trinajstić information content (AvgIpc) is 2.66. The summed E-state index contributed by atoms with van der Waals surface area (Å²) in [6.07, 6.45) is 6.58. The van der Waals surface area contributed by atoms with Crippen molar-refractivity contribution in [2.24, 2.45) is 0 Å². The molecule has 1 unspecified atom stereocenters. The van der Waals surface area contributed by atoms with Crippen LogP contribution in [0, 0.1) is 6.92 Å². The van der Waals surface area contributed by atoms with Gasteiger partial charge in [0.25, 0.3) is 0 Å². The van der Waals surface area contributed by atoms with E-state index >= 15 is 0 Å². The van der Waals surface area contributed by atoms with Crippen molar-refractivity contribution in [1.29, 1.82) is 0 Å². The third-order valence-corrected chi connectivity index (χ3v) is 2.83. The number of aryl methyl sites for hydroxylation is 1. The van der Waals surface area contributed by atoms with Gasteiger partial charge in [0, 0.05) is 25.3 Å². The van der Waals surface area contributed by atoms with E-state index in [-0.39, 0.29) is 0 Å². The van der Waals surface area contributed by atoms with Crippen molar-refractivity contribution in [2.75, 3.05) is 19.6 Å². The second-order valence-electron chi connectivity index (χ2n) is 4.28. The Morgan fingerprint density at radius 1 is 1.67 bits per heavy atom. The summed E-state index contributed by atoms with van der Waals surface area (Å²) < 4.78 is 2.00. The molecule has 0 amide bonds. The lowest BCUT2D eigenvalue weighted by molar-refractivity contribution is 0.380. The summed E-state index contributed by atoms with van der Waals surface area (Å²) in [5.74, 6) is 0. The van der Waals surface area contributed by atoms with Crippen molar-refractivity contribution in [3.8, 4) is 0 Å². The van der Waals surface area contributed by atoms with Crippen molar-refractivity contribution in [1.82, 2.24) is 20.4 Å². The predicted octanol–water partition coefficient (Wildman–Crippen LogP) is 0.533. The van der Waals surface area contributed by atoms with E-state index in [1.807, 2.05) is 10.9 Å². The molecule has 2 rings (SSSR count). The molecule has 1 aromatic rings. The molecule has 0 bridgehead atoms. The first-order chi connectivity index (χ1) is 7.34. The van der Waals surface area contributed by atoms with E-state index in [1.165, 1.54) is 24.9 Å². The summed E-state index contributed by atoms with van der Waals surface area (Å²) in [6, 6.07) is 0.649. The van der Waals surface area contributed by atoms with Crippen molar-refractivity contribution in [3.05, 3.63) is 18.0 Å². The Labute approximate surface area is 91.1 Å². The van der Waals surface area contributed by atoms with Crippen LogP contribution in [0.3, 0.4) is 0 Å². The summed E-state index contributed by atoms with van der Waals surface area (Å²) in [4.78, 5) is 0. The minimum absolute atomic E-state index is 0.649. The molecular weight excluding hydrogens is 188 g/mol. The standard InChI is InChI=1S/C11H20N4/c1-10-7-14-15(9-10)6-5-13-11-3-2-4-12-8-11/h7,9,11-13H,2-6,8H2,1H3. The fourth-order valence-corrected chi connectivity index (χ4v) is 2.00. The van der Waals surface area contributed by atoms with Crippen molar-refractivity contribution in [3.63, 3.8) is 0 Å². The normalized spacial score (nSPS) is 21.8. The van der Waals surface area contributed by atoms with Gasteiger partial charge in [0.1, 0.15) is 0 Å². The van der Waals surface area contributed by atoms with Gasteiger partial charge in [0.05, 0.1) is 12.7 Å². The molecule has 15 heavy (non-hydrogen) atoms. The Balaban J connectivity index is 1.65. The largest absolute Gasteiger partial charge is 0.315 e. The third kappa shape index (κ3) is 3.32. The highest BCUT2D eigenvalue weighted by atomic mass is 15.3. The summed E-state index contributed by atoms with van der Waals surface area (Å²) in [7, 11) is 0. The van der Waals surface area contributed by atoms with Crippen LogP contribution in [0.5, 0.6) is 0 Å². The monoisotopic (exact) mass is 208 g/mol. The fourth-order valence-electron chi connectivity index (χ4n) is 2.00. The predicted molar refractivity (Wildman–Crippen MR) is 60.9 cm³/mol. The van der Waals surface area contributed by atoms with E-state index in [4.69, 9.17) is 0 Å². The molecule has 84 valence electrons. The lowest BCUT2D eigenvalue weighted by Gasteiger charge is -2.23. The molecule has 1 fully saturated rings. The van der Waals surface area contributed by atoms with Gasteiger partial charge in [0.2, 0.25) is 0 Å². The van der Waals surface area contributed by atoms with Crippen LogP contribution < -0.4 is 10.6 Å². The van der Waals surface area contributed by atoms with E-state index in [1.54, 1.807) is 0 Å². The molecule has 1 aromatic heterocycles. The molecule has 1 saturated heterocycles. The van der Waals surface area contributed by atoms with Crippen molar-refractivity contribution in [2.45, 2.75) is 32.4 Å². The maximum Gasteiger partial charge on any atom is 0.0534 e. The molecule has 0 radical (unpaired) electrons. The molecule has 4 nitrogen and oxygen atoms in total. The van der Waals surface area contributed by atoms with E-state index in [0.717, 1.165) is 19.6 Å². The molecule has 0 aliphatic carbocycles. The summed E-state index contributed by atoms with van der Waals surface area (Å²) in [5.41, 5.74) is 1.23. The lowest BCUT2D eigenvalue weighted by Crippen LogP contribution is -2.44. The molecule has 2 heterocycles. The van der Waals surface area contributed by atoms with Crippen LogP contribution in [0.25, 0.3) is 0 Å². The lowest BCUT2D eigenvalue weighted by atomic mass is 10.1. The molecule has 2 N–H and O–H groups in total. The number of nitrogens with zero attached hydrogens (tertiary/aromatic N) is 2. The molecule has 1 aliphatic heterocycles. The zero-order valence-corrected chi connectivity index (χ0v) is 9.37. The van der Waals surface area contributed by atoms with Crippen molar-refractivity contribution >= 4 is 0 Å². The molecule has 0 saturated carbocycles. The summed E-state index contributed by atoms with van der Waals surface area (Å²) in [6.45, 7) is 6.33. The minimum atomic E-state index is 0.649. The second kappa shape index (κ2) is 5.28. The number of piperidine rings is 1. The van der Waals surface area contributed by atoms with Gasteiger partial charge in [0.15, 0.2) is 0 Å². The van der Waals surface area contributed by atoms with Gasteiger partial charge >= 0.3 is 0 Å². The highest BCUT2D eigenvalue weighted by Crippen LogP contribution is 2.00. The van der Waals surface area contributed by atoms with Crippen LogP contribution in [0.2, 0.25) is 0 Å². The third-order valence-electron chi connectivity index (χ3n) is 2.83. The zero-order valence-electron chi connectivity index (χ0n) is 9.37. The van der Waals surface area contributed by atoms with Gasteiger partial charge in [-0.3, -0.25) is 4.68 Å². The Kier molecular flexibility index (Phi) is 3.75. The molecule has 0 aromatic carbocycles. The van der Waals surface area contributed by atoms with Gasteiger partial charge < -0.3 is 10.6 Å². The Morgan fingerprint density at radius 2 is 2.60 bits per heavy atom. The van der Waals surface area contributed by atoms with Gasteiger partial charge in [-0.15, -0.1) is 0 Å². The number of hydrogen-bond donors (Lipinski definition) is 2. The molecular formula is C11H20N4. The summed E-state index contributed by atoms with van der Waals surface area (Å²) in [5, 5.41) is 11.2. The quantitative estimate of drug-likeness (QED) is 0.758. The molecule has 1 aliphatic rings. The zero-order chi connectivity index (χ0) is 10.5. The SMILES string of the molecule is Cc1cnn(CCNC2CCCNC2)c1. The molecule has 0 spiro atoms. The van der Waals surface area contributed by atoms with Crippen LogP contribution in [0.1, 0.15) is 18.4 Å². The minimum Gasteiger partial charge on any atom is -0.315 e. The highest BCUT2D eigenvalue weighted by Gasteiger charge is 2.11. The average molecular weight is 208 g/mol. The van der Waals surface area contributed by atoms with Gasteiger partial charge in [-0.25, -0.2) is 0 Å². The maximum atomic E-state index is 4.26. The second-order valence-corrected chi connectivity index (χ2v) is 4.28. The Hall–Kier alpha value is -0.870. The number of aromatic nitrogens is 2. The van der Waals surface area contributed by atoms with Gasteiger partial charge in [-0.1, -0.05) is 0 Å². The highest BCUT2D eigenvalue weighted by molar-refractivity contribution is 4.99. The Morgan fingerprint density at radius 3 is 3.27 bits per heavy atom. The maximum absolute atomic E-state index is 4.26. The van der Waals surface area contributed by atoms with Crippen LogP contribution in [-0.2, 0) is 6.54 Å². The topological polar surface area (TPSA) is 41.9 Å². The first-order valence-corrected chi connectivity index (χ1v) is 5.78.